The van der Waals surface area contributed by atoms with Gasteiger partial charge in [-0.05, 0) is 42.7 Å². The van der Waals surface area contributed by atoms with Gasteiger partial charge in [-0.1, -0.05) is 48.5 Å². The molecule has 0 bridgehead atoms. The molecular weight excluding hydrogens is 346 g/mol. The maximum absolute atomic E-state index is 13.0. The standard InChI is InChI=1S/C24H21N3O/c1-17-7-5-11-20-21(24(28)26-14-12-18-8-3-2-4-9-18)15-22(27-23(17)20)19-10-6-13-25-16-19/h2-11,13,15-16H,12,14H2,1H3,(H,26,28). The number of rotatable bonds is 5. The van der Waals surface area contributed by atoms with Gasteiger partial charge in [0.1, 0.15) is 0 Å². The van der Waals surface area contributed by atoms with Gasteiger partial charge in [0.15, 0.2) is 0 Å². The van der Waals surface area contributed by atoms with Crippen LogP contribution in [-0.4, -0.2) is 22.4 Å². The molecule has 0 aliphatic carbocycles. The summed E-state index contributed by atoms with van der Waals surface area (Å²) in [5, 5.41) is 3.92. The molecular formula is C24H21N3O. The van der Waals surface area contributed by atoms with Crippen LogP contribution in [0.15, 0.2) is 79.1 Å². The molecule has 0 spiro atoms. The first-order valence-corrected chi connectivity index (χ1v) is 9.35. The first-order chi connectivity index (χ1) is 13.7. The van der Waals surface area contributed by atoms with Gasteiger partial charge in [-0.3, -0.25) is 9.78 Å². The smallest absolute Gasteiger partial charge is 0.252 e. The van der Waals surface area contributed by atoms with Gasteiger partial charge in [-0.15, -0.1) is 0 Å². The quantitative estimate of drug-likeness (QED) is 0.562. The lowest BCUT2D eigenvalue weighted by atomic mass is 10.0. The summed E-state index contributed by atoms with van der Waals surface area (Å²) in [4.78, 5) is 22.0. The molecule has 0 radical (unpaired) electrons. The summed E-state index contributed by atoms with van der Waals surface area (Å²) in [5.74, 6) is -0.0842. The lowest BCUT2D eigenvalue weighted by Crippen LogP contribution is -2.26. The molecule has 1 N–H and O–H groups in total. The number of pyridine rings is 2. The Hall–Kier alpha value is -3.53. The van der Waals surface area contributed by atoms with Crippen LogP contribution in [0.2, 0.25) is 0 Å². The predicted molar refractivity (Wildman–Crippen MR) is 112 cm³/mol. The molecule has 2 aromatic heterocycles. The number of aryl methyl sites for hydroxylation is 1. The van der Waals surface area contributed by atoms with E-state index in [0.29, 0.717) is 12.1 Å². The molecule has 0 saturated carbocycles. The molecule has 0 atom stereocenters. The number of carbonyl (C=O) groups excluding carboxylic acids is 1. The molecule has 4 heteroatoms. The summed E-state index contributed by atoms with van der Waals surface area (Å²) in [6, 6.07) is 21.8. The van der Waals surface area contributed by atoms with E-state index in [0.717, 1.165) is 34.1 Å². The molecule has 0 aliphatic rings. The van der Waals surface area contributed by atoms with Crippen LogP contribution in [0.25, 0.3) is 22.2 Å². The highest BCUT2D eigenvalue weighted by Gasteiger charge is 2.15. The molecule has 0 fully saturated rings. The Morgan fingerprint density at radius 3 is 2.64 bits per heavy atom. The van der Waals surface area contributed by atoms with Gasteiger partial charge in [0, 0.05) is 29.9 Å². The zero-order chi connectivity index (χ0) is 19.3. The summed E-state index contributed by atoms with van der Waals surface area (Å²) in [5.41, 5.74) is 5.38. The third-order valence-corrected chi connectivity index (χ3v) is 4.79. The zero-order valence-electron chi connectivity index (χ0n) is 15.7. The zero-order valence-corrected chi connectivity index (χ0v) is 15.7. The van der Waals surface area contributed by atoms with E-state index in [1.54, 1.807) is 12.4 Å². The minimum absolute atomic E-state index is 0.0842. The van der Waals surface area contributed by atoms with Gasteiger partial charge < -0.3 is 5.32 Å². The molecule has 4 nitrogen and oxygen atoms in total. The minimum Gasteiger partial charge on any atom is -0.352 e. The average molecular weight is 367 g/mol. The Kier molecular flexibility index (Phi) is 5.11. The van der Waals surface area contributed by atoms with Crippen LogP contribution in [0, 0.1) is 6.92 Å². The third-order valence-electron chi connectivity index (χ3n) is 4.79. The van der Waals surface area contributed by atoms with Crippen molar-refractivity contribution in [3.8, 4) is 11.3 Å². The van der Waals surface area contributed by atoms with Crippen LogP contribution in [0.5, 0.6) is 0 Å². The molecule has 4 rings (SSSR count). The normalized spacial score (nSPS) is 10.8. The van der Waals surface area contributed by atoms with E-state index in [1.165, 1.54) is 5.56 Å². The van der Waals surface area contributed by atoms with E-state index in [4.69, 9.17) is 4.98 Å². The van der Waals surface area contributed by atoms with E-state index in [1.807, 2.05) is 61.5 Å². The SMILES string of the molecule is Cc1cccc2c(C(=O)NCCc3ccccc3)cc(-c3cccnc3)nc12. The minimum atomic E-state index is -0.0842. The van der Waals surface area contributed by atoms with Crippen molar-refractivity contribution in [1.29, 1.82) is 0 Å². The average Bonchev–Trinajstić information content (AvgIpc) is 2.75. The molecule has 0 unspecified atom stereocenters. The molecule has 1 amide bonds. The number of para-hydroxylation sites is 1. The van der Waals surface area contributed by atoms with Crippen molar-refractivity contribution in [2.45, 2.75) is 13.3 Å². The fraction of sp³-hybridized carbons (Fsp3) is 0.125. The maximum Gasteiger partial charge on any atom is 0.252 e. The molecule has 2 heterocycles. The number of carbonyl (C=O) groups is 1. The van der Waals surface area contributed by atoms with Crippen LogP contribution in [0.1, 0.15) is 21.5 Å². The maximum atomic E-state index is 13.0. The Bertz CT molecular complexity index is 1110. The van der Waals surface area contributed by atoms with Crippen molar-refractivity contribution in [2.24, 2.45) is 0 Å². The van der Waals surface area contributed by atoms with Gasteiger partial charge >= 0.3 is 0 Å². The number of hydrogen-bond acceptors (Lipinski definition) is 3. The second kappa shape index (κ2) is 8.01. The predicted octanol–water partition coefficient (Wildman–Crippen LogP) is 4.58. The first kappa shape index (κ1) is 17.9. The monoisotopic (exact) mass is 367 g/mol. The molecule has 0 saturated heterocycles. The van der Waals surface area contributed by atoms with E-state index in [-0.39, 0.29) is 5.91 Å². The summed E-state index contributed by atoms with van der Waals surface area (Å²) in [6.07, 6.45) is 4.29. The van der Waals surface area contributed by atoms with Crippen molar-refractivity contribution >= 4 is 16.8 Å². The Labute approximate surface area is 164 Å². The highest BCUT2D eigenvalue weighted by molar-refractivity contribution is 6.07. The number of fused-ring (bicyclic) bond motifs is 1. The van der Waals surface area contributed by atoms with Crippen LogP contribution in [-0.2, 0) is 6.42 Å². The van der Waals surface area contributed by atoms with Crippen LogP contribution in [0.3, 0.4) is 0 Å². The Morgan fingerprint density at radius 2 is 1.86 bits per heavy atom. The molecule has 138 valence electrons. The second-order valence-corrected chi connectivity index (χ2v) is 6.76. The fourth-order valence-corrected chi connectivity index (χ4v) is 3.30. The van der Waals surface area contributed by atoms with Gasteiger partial charge in [0.25, 0.3) is 5.91 Å². The summed E-state index contributed by atoms with van der Waals surface area (Å²) < 4.78 is 0. The van der Waals surface area contributed by atoms with Crippen molar-refractivity contribution in [3.05, 3.63) is 95.8 Å². The van der Waals surface area contributed by atoms with Crippen LogP contribution in [0.4, 0.5) is 0 Å². The van der Waals surface area contributed by atoms with E-state index < -0.39 is 0 Å². The fourth-order valence-electron chi connectivity index (χ4n) is 3.30. The molecule has 0 aliphatic heterocycles. The second-order valence-electron chi connectivity index (χ2n) is 6.76. The Balaban J connectivity index is 1.66. The van der Waals surface area contributed by atoms with Gasteiger partial charge in [-0.2, -0.15) is 0 Å². The lowest BCUT2D eigenvalue weighted by molar-refractivity contribution is 0.0956. The highest BCUT2D eigenvalue weighted by atomic mass is 16.1. The summed E-state index contributed by atoms with van der Waals surface area (Å²) in [7, 11) is 0. The van der Waals surface area contributed by atoms with Crippen molar-refractivity contribution in [2.75, 3.05) is 6.54 Å². The van der Waals surface area contributed by atoms with Crippen LogP contribution >= 0.6 is 0 Å². The number of aromatic nitrogens is 2. The Morgan fingerprint density at radius 1 is 1.00 bits per heavy atom. The van der Waals surface area contributed by atoms with E-state index >= 15 is 0 Å². The lowest BCUT2D eigenvalue weighted by Gasteiger charge is -2.12. The number of nitrogens with one attached hydrogen (secondary N) is 1. The van der Waals surface area contributed by atoms with Crippen molar-refractivity contribution < 1.29 is 4.79 Å². The molecule has 4 aromatic rings. The third kappa shape index (κ3) is 3.76. The van der Waals surface area contributed by atoms with E-state index in [2.05, 4.69) is 22.4 Å². The van der Waals surface area contributed by atoms with E-state index in [9.17, 15) is 4.79 Å². The molecule has 2 aromatic carbocycles. The largest absolute Gasteiger partial charge is 0.352 e. The van der Waals surface area contributed by atoms with Gasteiger partial charge in [-0.25, -0.2) is 4.98 Å². The number of amides is 1. The number of nitrogens with zero attached hydrogens (tertiary/aromatic N) is 2. The summed E-state index contributed by atoms with van der Waals surface area (Å²) in [6.45, 7) is 2.60. The number of hydrogen-bond donors (Lipinski definition) is 1. The van der Waals surface area contributed by atoms with Gasteiger partial charge in [0.05, 0.1) is 16.8 Å². The highest BCUT2D eigenvalue weighted by Crippen LogP contribution is 2.26. The van der Waals surface area contributed by atoms with Crippen molar-refractivity contribution in [3.63, 3.8) is 0 Å². The number of benzene rings is 2. The van der Waals surface area contributed by atoms with Crippen LogP contribution < -0.4 is 5.32 Å². The first-order valence-electron chi connectivity index (χ1n) is 9.35. The van der Waals surface area contributed by atoms with Gasteiger partial charge in [0.2, 0.25) is 0 Å². The topological polar surface area (TPSA) is 54.9 Å². The van der Waals surface area contributed by atoms with Crippen molar-refractivity contribution in [1.82, 2.24) is 15.3 Å². The summed E-state index contributed by atoms with van der Waals surface area (Å²) >= 11 is 0. The molecule has 28 heavy (non-hydrogen) atoms.